The van der Waals surface area contributed by atoms with Crippen molar-refractivity contribution in [2.45, 2.75) is 38.6 Å². The molecule has 1 atom stereocenters. The second-order valence-electron chi connectivity index (χ2n) is 4.70. The van der Waals surface area contributed by atoms with Crippen LogP contribution in [0.5, 0.6) is 0 Å². The largest absolute Gasteiger partial charge is 0.328 e. The molecular weight excluding hydrogens is 170 g/mol. The van der Waals surface area contributed by atoms with Crippen molar-refractivity contribution < 1.29 is 0 Å². The fourth-order valence-electron chi connectivity index (χ4n) is 2.20. The Balaban J connectivity index is 1.96. The molecule has 1 unspecified atom stereocenters. The standard InChI is InChI=1S/C13H19N/c1-9-3-5-11(6-4-9)13-7-12(8-13)10(2)14/h3-6,10,12-13H,7-8,14H2,1-2H3. The van der Waals surface area contributed by atoms with Crippen LogP contribution in [0.3, 0.4) is 0 Å². The number of rotatable bonds is 2. The van der Waals surface area contributed by atoms with Crippen LogP contribution in [0.1, 0.15) is 36.8 Å². The molecule has 2 rings (SSSR count). The zero-order chi connectivity index (χ0) is 10.1. The van der Waals surface area contributed by atoms with E-state index in [1.54, 1.807) is 0 Å². The van der Waals surface area contributed by atoms with Crippen molar-refractivity contribution in [1.82, 2.24) is 0 Å². The van der Waals surface area contributed by atoms with Crippen LogP contribution in [0.15, 0.2) is 24.3 Å². The van der Waals surface area contributed by atoms with Gasteiger partial charge in [0.05, 0.1) is 0 Å². The third kappa shape index (κ3) is 1.83. The van der Waals surface area contributed by atoms with Gasteiger partial charge in [0.25, 0.3) is 0 Å². The van der Waals surface area contributed by atoms with Gasteiger partial charge in [-0.05, 0) is 44.1 Å². The lowest BCUT2D eigenvalue weighted by molar-refractivity contribution is 0.229. The number of aryl methyl sites for hydroxylation is 1. The van der Waals surface area contributed by atoms with Gasteiger partial charge in [0.15, 0.2) is 0 Å². The highest BCUT2D eigenvalue weighted by atomic mass is 14.6. The molecule has 0 amide bonds. The molecule has 1 saturated carbocycles. The van der Waals surface area contributed by atoms with E-state index in [9.17, 15) is 0 Å². The van der Waals surface area contributed by atoms with Gasteiger partial charge in [-0.15, -0.1) is 0 Å². The van der Waals surface area contributed by atoms with Crippen molar-refractivity contribution in [2.75, 3.05) is 0 Å². The maximum absolute atomic E-state index is 5.86. The highest BCUT2D eigenvalue weighted by molar-refractivity contribution is 5.26. The van der Waals surface area contributed by atoms with E-state index >= 15 is 0 Å². The van der Waals surface area contributed by atoms with Gasteiger partial charge in [0.1, 0.15) is 0 Å². The van der Waals surface area contributed by atoms with Gasteiger partial charge in [-0.3, -0.25) is 0 Å². The lowest BCUT2D eigenvalue weighted by atomic mass is 9.69. The molecule has 0 radical (unpaired) electrons. The minimum atomic E-state index is 0.372. The molecule has 14 heavy (non-hydrogen) atoms. The molecule has 2 N–H and O–H groups in total. The zero-order valence-electron chi connectivity index (χ0n) is 9.03. The summed E-state index contributed by atoms with van der Waals surface area (Å²) in [6, 6.07) is 9.30. The summed E-state index contributed by atoms with van der Waals surface area (Å²) in [6.45, 7) is 4.26. The van der Waals surface area contributed by atoms with Crippen molar-refractivity contribution in [3.05, 3.63) is 35.4 Å². The molecule has 0 spiro atoms. The van der Waals surface area contributed by atoms with E-state index in [4.69, 9.17) is 5.73 Å². The van der Waals surface area contributed by atoms with Crippen LogP contribution in [0.2, 0.25) is 0 Å². The summed E-state index contributed by atoms with van der Waals surface area (Å²) in [5.74, 6) is 1.52. The smallest absolute Gasteiger partial charge is 0.00391 e. The van der Waals surface area contributed by atoms with Gasteiger partial charge in [-0.25, -0.2) is 0 Å². The van der Waals surface area contributed by atoms with Gasteiger partial charge in [0, 0.05) is 6.04 Å². The van der Waals surface area contributed by atoms with Gasteiger partial charge in [-0.2, -0.15) is 0 Å². The Bertz CT molecular complexity index is 294. The fraction of sp³-hybridized carbons (Fsp3) is 0.538. The molecule has 1 aromatic rings. The maximum Gasteiger partial charge on any atom is 0.00391 e. The minimum Gasteiger partial charge on any atom is -0.328 e. The Morgan fingerprint density at radius 2 is 1.79 bits per heavy atom. The first-order chi connectivity index (χ1) is 6.66. The average molecular weight is 189 g/mol. The van der Waals surface area contributed by atoms with Crippen molar-refractivity contribution in [3.63, 3.8) is 0 Å². The minimum absolute atomic E-state index is 0.372. The van der Waals surface area contributed by atoms with E-state index in [-0.39, 0.29) is 0 Å². The summed E-state index contributed by atoms with van der Waals surface area (Å²) in [6.07, 6.45) is 2.56. The molecular formula is C13H19N. The third-order valence-electron chi connectivity index (χ3n) is 3.47. The number of hydrogen-bond acceptors (Lipinski definition) is 1. The summed E-state index contributed by atoms with van der Waals surface area (Å²) in [7, 11) is 0. The number of hydrogen-bond donors (Lipinski definition) is 1. The van der Waals surface area contributed by atoms with E-state index in [1.807, 2.05) is 0 Å². The first-order valence-electron chi connectivity index (χ1n) is 5.49. The van der Waals surface area contributed by atoms with Crippen molar-refractivity contribution in [1.29, 1.82) is 0 Å². The average Bonchev–Trinajstić information content (AvgIpc) is 2.05. The lowest BCUT2D eigenvalue weighted by Gasteiger charge is -2.38. The zero-order valence-corrected chi connectivity index (χ0v) is 9.03. The van der Waals surface area contributed by atoms with E-state index in [2.05, 4.69) is 38.1 Å². The Morgan fingerprint density at radius 3 is 2.29 bits per heavy atom. The maximum atomic E-state index is 5.86. The number of benzene rings is 1. The van der Waals surface area contributed by atoms with Crippen molar-refractivity contribution >= 4 is 0 Å². The predicted molar refractivity (Wildman–Crippen MR) is 60.3 cm³/mol. The highest BCUT2D eigenvalue weighted by Gasteiger charge is 2.32. The normalized spacial score (nSPS) is 28.2. The van der Waals surface area contributed by atoms with Crippen LogP contribution in [-0.2, 0) is 0 Å². The van der Waals surface area contributed by atoms with Crippen LogP contribution in [0.25, 0.3) is 0 Å². The summed E-state index contributed by atoms with van der Waals surface area (Å²) in [4.78, 5) is 0. The Hall–Kier alpha value is -0.820. The van der Waals surface area contributed by atoms with Crippen molar-refractivity contribution in [2.24, 2.45) is 11.7 Å². The van der Waals surface area contributed by atoms with Gasteiger partial charge >= 0.3 is 0 Å². The molecule has 1 fully saturated rings. The predicted octanol–water partition coefficient (Wildman–Crippen LogP) is 2.84. The lowest BCUT2D eigenvalue weighted by Crippen LogP contribution is -2.36. The van der Waals surface area contributed by atoms with E-state index in [0.717, 1.165) is 11.8 Å². The highest BCUT2D eigenvalue weighted by Crippen LogP contribution is 2.42. The van der Waals surface area contributed by atoms with Crippen LogP contribution in [0.4, 0.5) is 0 Å². The molecule has 1 heteroatoms. The summed E-state index contributed by atoms with van der Waals surface area (Å²) in [5, 5.41) is 0. The van der Waals surface area contributed by atoms with Gasteiger partial charge in [0.2, 0.25) is 0 Å². The van der Waals surface area contributed by atoms with Crippen LogP contribution < -0.4 is 5.73 Å². The summed E-state index contributed by atoms with van der Waals surface area (Å²) in [5.41, 5.74) is 8.70. The monoisotopic (exact) mass is 189 g/mol. The Morgan fingerprint density at radius 1 is 1.21 bits per heavy atom. The van der Waals surface area contributed by atoms with Crippen LogP contribution in [0, 0.1) is 12.8 Å². The summed E-state index contributed by atoms with van der Waals surface area (Å²) >= 11 is 0. The summed E-state index contributed by atoms with van der Waals surface area (Å²) < 4.78 is 0. The molecule has 1 aliphatic carbocycles. The van der Waals surface area contributed by atoms with E-state index < -0.39 is 0 Å². The topological polar surface area (TPSA) is 26.0 Å². The molecule has 0 aromatic heterocycles. The Kier molecular flexibility index (Phi) is 2.60. The Labute approximate surface area is 86.3 Å². The third-order valence-corrected chi connectivity index (χ3v) is 3.47. The number of nitrogens with two attached hydrogens (primary N) is 1. The fourth-order valence-corrected chi connectivity index (χ4v) is 2.20. The van der Waals surface area contributed by atoms with E-state index in [1.165, 1.54) is 24.0 Å². The van der Waals surface area contributed by atoms with Crippen molar-refractivity contribution in [3.8, 4) is 0 Å². The molecule has 0 bridgehead atoms. The molecule has 0 heterocycles. The molecule has 0 aliphatic heterocycles. The SMILES string of the molecule is Cc1ccc(C2CC(C(C)N)C2)cc1. The van der Waals surface area contributed by atoms with Gasteiger partial charge < -0.3 is 5.73 Å². The molecule has 0 saturated heterocycles. The molecule has 1 aliphatic rings. The molecule has 1 aromatic carbocycles. The quantitative estimate of drug-likeness (QED) is 0.760. The first kappa shape index (κ1) is 9.72. The van der Waals surface area contributed by atoms with Gasteiger partial charge in [-0.1, -0.05) is 29.8 Å². The first-order valence-corrected chi connectivity index (χ1v) is 5.49. The second kappa shape index (κ2) is 3.74. The van der Waals surface area contributed by atoms with Crippen LogP contribution >= 0.6 is 0 Å². The second-order valence-corrected chi connectivity index (χ2v) is 4.70. The molecule has 76 valence electrons. The molecule has 1 nitrogen and oxygen atoms in total. The van der Waals surface area contributed by atoms with Crippen LogP contribution in [-0.4, -0.2) is 6.04 Å². The van der Waals surface area contributed by atoms with E-state index in [0.29, 0.717) is 6.04 Å².